The minimum absolute atomic E-state index is 0.0850. The molecule has 1 aliphatic rings. The molecule has 1 aromatic heterocycles. The molecule has 0 radical (unpaired) electrons. The molecule has 0 aliphatic carbocycles. The SMILES string of the molecule is CC(C)(C)NCc1ccnc(N2CCCNC(=O)C2)c1F. The van der Waals surface area contributed by atoms with E-state index < -0.39 is 0 Å². The van der Waals surface area contributed by atoms with E-state index in [0.29, 0.717) is 25.2 Å². The van der Waals surface area contributed by atoms with Gasteiger partial charge in [0.1, 0.15) is 0 Å². The fourth-order valence-electron chi connectivity index (χ4n) is 2.18. The molecule has 21 heavy (non-hydrogen) atoms. The average Bonchev–Trinajstić information content (AvgIpc) is 2.61. The van der Waals surface area contributed by atoms with Gasteiger partial charge in [-0.3, -0.25) is 4.79 Å². The van der Waals surface area contributed by atoms with Crippen LogP contribution in [-0.4, -0.2) is 36.1 Å². The van der Waals surface area contributed by atoms with Crippen LogP contribution in [0.5, 0.6) is 0 Å². The van der Waals surface area contributed by atoms with Gasteiger partial charge in [-0.25, -0.2) is 9.37 Å². The molecule has 5 nitrogen and oxygen atoms in total. The van der Waals surface area contributed by atoms with Crippen LogP contribution in [0.25, 0.3) is 0 Å². The highest BCUT2D eigenvalue weighted by Crippen LogP contribution is 2.20. The number of hydrogen-bond acceptors (Lipinski definition) is 4. The lowest BCUT2D eigenvalue weighted by atomic mass is 10.1. The number of nitrogens with zero attached hydrogens (tertiary/aromatic N) is 2. The maximum absolute atomic E-state index is 14.6. The van der Waals surface area contributed by atoms with Gasteiger partial charge in [-0.1, -0.05) is 0 Å². The third kappa shape index (κ3) is 4.39. The first kappa shape index (κ1) is 15.7. The van der Waals surface area contributed by atoms with Crippen molar-refractivity contribution >= 4 is 11.7 Å². The van der Waals surface area contributed by atoms with Gasteiger partial charge >= 0.3 is 0 Å². The lowest BCUT2D eigenvalue weighted by Crippen LogP contribution is -2.36. The molecule has 0 saturated carbocycles. The Hall–Kier alpha value is -1.69. The number of hydrogen-bond donors (Lipinski definition) is 2. The Kier molecular flexibility index (Phi) is 4.77. The molecule has 0 unspecified atom stereocenters. The summed E-state index contributed by atoms with van der Waals surface area (Å²) in [5.41, 5.74) is 0.484. The van der Waals surface area contributed by atoms with Gasteiger partial charge in [0, 0.05) is 36.9 Å². The number of carbonyl (C=O) groups excluding carboxylic acids is 1. The zero-order valence-corrected chi connectivity index (χ0v) is 12.9. The number of amides is 1. The minimum Gasteiger partial charge on any atom is -0.354 e. The standard InChI is InChI=1S/C15H23FN4O/c1-15(2,3)19-9-11-5-7-18-14(13(11)16)20-8-4-6-17-12(21)10-20/h5,7,19H,4,6,8-10H2,1-3H3,(H,17,21). The third-order valence-electron chi connectivity index (χ3n) is 3.32. The molecule has 0 aromatic carbocycles. The molecule has 1 aliphatic heterocycles. The van der Waals surface area contributed by atoms with E-state index in [0.717, 1.165) is 6.42 Å². The second-order valence-corrected chi connectivity index (χ2v) is 6.34. The van der Waals surface area contributed by atoms with Crippen LogP contribution in [0.3, 0.4) is 0 Å². The number of halogens is 1. The molecule has 2 heterocycles. The number of anilines is 1. The second kappa shape index (κ2) is 6.39. The molecule has 6 heteroatoms. The van der Waals surface area contributed by atoms with Gasteiger partial charge in [0.25, 0.3) is 0 Å². The predicted molar refractivity (Wildman–Crippen MR) is 80.6 cm³/mol. The summed E-state index contributed by atoms with van der Waals surface area (Å²) >= 11 is 0. The van der Waals surface area contributed by atoms with Crippen molar-refractivity contribution in [2.45, 2.75) is 39.3 Å². The molecule has 0 atom stereocenters. The summed E-state index contributed by atoms with van der Waals surface area (Å²) in [6.07, 6.45) is 2.39. The van der Waals surface area contributed by atoms with Crippen molar-refractivity contribution in [3.8, 4) is 0 Å². The van der Waals surface area contributed by atoms with E-state index in [4.69, 9.17) is 0 Å². The molecule has 1 saturated heterocycles. The maximum atomic E-state index is 14.6. The Morgan fingerprint density at radius 2 is 2.24 bits per heavy atom. The molecule has 2 rings (SSSR count). The van der Waals surface area contributed by atoms with Gasteiger partial charge in [0.2, 0.25) is 5.91 Å². The van der Waals surface area contributed by atoms with Crippen LogP contribution in [0.15, 0.2) is 12.3 Å². The quantitative estimate of drug-likeness (QED) is 0.885. The molecule has 1 aromatic rings. The van der Waals surface area contributed by atoms with Crippen LogP contribution in [0.1, 0.15) is 32.8 Å². The van der Waals surface area contributed by atoms with Crippen molar-refractivity contribution in [1.82, 2.24) is 15.6 Å². The van der Waals surface area contributed by atoms with E-state index in [2.05, 4.69) is 15.6 Å². The summed E-state index contributed by atoms with van der Waals surface area (Å²) in [4.78, 5) is 17.4. The second-order valence-electron chi connectivity index (χ2n) is 6.34. The van der Waals surface area contributed by atoms with Gasteiger partial charge < -0.3 is 15.5 Å². The number of carbonyl (C=O) groups is 1. The molecule has 2 N–H and O–H groups in total. The Morgan fingerprint density at radius 3 is 2.95 bits per heavy atom. The lowest BCUT2D eigenvalue weighted by Gasteiger charge is -2.23. The Morgan fingerprint density at radius 1 is 1.48 bits per heavy atom. The van der Waals surface area contributed by atoms with Crippen molar-refractivity contribution in [3.63, 3.8) is 0 Å². The first-order valence-corrected chi connectivity index (χ1v) is 7.27. The lowest BCUT2D eigenvalue weighted by molar-refractivity contribution is -0.119. The third-order valence-corrected chi connectivity index (χ3v) is 3.32. The van der Waals surface area contributed by atoms with Gasteiger partial charge in [-0.15, -0.1) is 0 Å². The fraction of sp³-hybridized carbons (Fsp3) is 0.600. The smallest absolute Gasteiger partial charge is 0.239 e. The summed E-state index contributed by atoms with van der Waals surface area (Å²) in [5, 5.41) is 6.04. The normalized spacial score (nSPS) is 16.6. The van der Waals surface area contributed by atoms with E-state index >= 15 is 0 Å². The van der Waals surface area contributed by atoms with E-state index in [9.17, 15) is 9.18 Å². The van der Waals surface area contributed by atoms with E-state index in [-0.39, 0.29) is 29.6 Å². The molecular weight excluding hydrogens is 271 g/mol. The average molecular weight is 294 g/mol. The van der Waals surface area contributed by atoms with Crippen LogP contribution < -0.4 is 15.5 Å². The number of aromatic nitrogens is 1. The van der Waals surface area contributed by atoms with Crippen LogP contribution in [0.2, 0.25) is 0 Å². The van der Waals surface area contributed by atoms with Gasteiger partial charge in [-0.05, 0) is 33.3 Å². The molecular formula is C15H23FN4O. The zero-order valence-electron chi connectivity index (χ0n) is 12.9. The highest BCUT2D eigenvalue weighted by molar-refractivity contribution is 5.81. The summed E-state index contributed by atoms with van der Waals surface area (Å²) in [6.45, 7) is 7.94. The van der Waals surface area contributed by atoms with Crippen LogP contribution >= 0.6 is 0 Å². The Labute approximate surface area is 124 Å². The van der Waals surface area contributed by atoms with Crippen molar-refractivity contribution < 1.29 is 9.18 Å². The monoisotopic (exact) mass is 294 g/mol. The molecule has 1 amide bonds. The summed E-state index contributed by atoms with van der Waals surface area (Å²) in [7, 11) is 0. The van der Waals surface area contributed by atoms with E-state index in [1.165, 1.54) is 0 Å². The summed E-state index contributed by atoms with van der Waals surface area (Å²) < 4.78 is 14.6. The van der Waals surface area contributed by atoms with Gasteiger partial charge in [0.05, 0.1) is 6.54 Å². The van der Waals surface area contributed by atoms with E-state index in [1.54, 1.807) is 17.2 Å². The summed E-state index contributed by atoms with van der Waals surface area (Å²) in [5.74, 6) is -0.170. The topological polar surface area (TPSA) is 57.3 Å². The first-order chi connectivity index (χ1) is 9.87. The van der Waals surface area contributed by atoms with Crippen molar-refractivity contribution in [2.75, 3.05) is 24.5 Å². The highest BCUT2D eigenvalue weighted by atomic mass is 19.1. The van der Waals surface area contributed by atoms with Crippen LogP contribution in [0.4, 0.5) is 10.2 Å². The number of nitrogens with one attached hydrogen (secondary N) is 2. The van der Waals surface area contributed by atoms with Crippen LogP contribution in [-0.2, 0) is 11.3 Å². The van der Waals surface area contributed by atoms with E-state index in [1.807, 2.05) is 20.8 Å². The van der Waals surface area contributed by atoms with Gasteiger partial charge in [0.15, 0.2) is 11.6 Å². The highest BCUT2D eigenvalue weighted by Gasteiger charge is 2.21. The molecule has 116 valence electrons. The van der Waals surface area contributed by atoms with Crippen LogP contribution in [0, 0.1) is 5.82 Å². The summed E-state index contributed by atoms with van der Waals surface area (Å²) in [6, 6.07) is 1.68. The van der Waals surface area contributed by atoms with Crippen molar-refractivity contribution in [3.05, 3.63) is 23.6 Å². The predicted octanol–water partition coefficient (Wildman–Crippen LogP) is 1.44. The van der Waals surface area contributed by atoms with Gasteiger partial charge in [-0.2, -0.15) is 0 Å². The Balaban J connectivity index is 2.18. The minimum atomic E-state index is -0.344. The first-order valence-electron chi connectivity index (χ1n) is 7.27. The Bertz CT molecular complexity index is 513. The maximum Gasteiger partial charge on any atom is 0.239 e. The number of rotatable bonds is 3. The zero-order chi connectivity index (χ0) is 15.5. The largest absolute Gasteiger partial charge is 0.354 e. The molecule has 0 bridgehead atoms. The molecule has 1 fully saturated rings. The fourth-order valence-corrected chi connectivity index (χ4v) is 2.18. The molecule has 0 spiro atoms. The number of pyridine rings is 1. The van der Waals surface area contributed by atoms with Crippen molar-refractivity contribution in [2.24, 2.45) is 0 Å². The van der Waals surface area contributed by atoms with Crippen molar-refractivity contribution in [1.29, 1.82) is 0 Å².